The molecule has 0 saturated heterocycles. The summed E-state index contributed by atoms with van der Waals surface area (Å²) in [5.41, 5.74) is 0.961. The zero-order valence-corrected chi connectivity index (χ0v) is 9.78. The van der Waals surface area contributed by atoms with Crippen LogP contribution in [-0.2, 0) is 0 Å². The molecule has 18 heavy (non-hydrogen) atoms. The Kier molecular flexibility index (Phi) is 3.47. The molecule has 0 aliphatic rings. The number of aromatic nitrogens is 2. The van der Waals surface area contributed by atoms with Gasteiger partial charge in [0.25, 0.3) is 0 Å². The lowest BCUT2D eigenvalue weighted by atomic mass is 10.1. The minimum absolute atomic E-state index is 0.0293. The largest absolute Gasteiger partial charge is 0.358 e. The van der Waals surface area contributed by atoms with Crippen molar-refractivity contribution < 1.29 is 4.92 Å². The summed E-state index contributed by atoms with van der Waals surface area (Å²) in [6.45, 7) is 1.91. The van der Waals surface area contributed by atoms with Crippen LogP contribution in [0.3, 0.4) is 0 Å². The number of anilines is 1. The standard InChI is InChI=1S/C12H12N4O2/c1-9(10-4-7-13-8-5-10)15-12-11(16(17)18)3-2-6-14-12/h2-9H,1H3,(H,14,15). The number of nitrogens with one attached hydrogen (secondary N) is 1. The van der Waals surface area contributed by atoms with Crippen LogP contribution in [0.2, 0.25) is 0 Å². The van der Waals surface area contributed by atoms with Crippen molar-refractivity contribution in [2.45, 2.75) is 13.0 Å². The van der Waals surface area contributed by atoms with Gasteiger partial charge < -0.3 is 5.32 Å². The minimum Gasteiger partial charge on any atom is -0.358 e. The fourth-order valence-corrected chi connectivity index (χ4v) is 1.60. The Bertz CT molecular complexity index is 545. The van der Waals surface area contributed by atoms with Crippen molar-refractivity contribution in [1.82, 2.24) is 9.97 Å². The Morgan fingerprint density at radius 3 is 2.67 bits per heavy atom. The van der Waals surface area contributed by atoms with E-state index in [0.29, 0.717) is 0 Å². The van der Waals surface area contributed by atoms with Gasteiger partial charge in [-0.05, 0) is 30.7 Å². The maximum atomic E-state index is 10.9. The molecule has 6 heteroatoms. The molecule has 2 aromatic rings. The zero-order valence-electron chi connectivity index (χ0n) is 9.78. The molecule has 0 saturated carbocycles. The predicted octanol–water partition coefficient (Wildman–Crippen LogP) is 2.56. The lowest BCUT2D eigenvalue weighted by molar-refractivity contribution is -0.384. The summed E-state index contributed by atoms with van der Waals surface area (Å²) < 4.78 is 0. The third-order valence-corrected chi connectivity index (χ3v) is 2.54. The average Bonchev–Trinajstić information content (AvgIpc) is 2.40. The summed E-state index contributed by atoms with van der Waals surface area (Å²) in [6.07, 6.45) is 4.88. The predicted molar refractivity (Wildman–Crippen MR) is 67.2 cm³/mol. The van der Waals surface area contributed by atoms with Crippen LogP contribution in [0.25, 0.3) is 0 Å². The van der Waals surface area contributed by atoms with Crippen LogP contribution in [0.1, 0.15) is 18.5 Å². The lowest BCUT2D eigenvalue weighted by Crippen LogP contribution is -2.09. The number of hydrogen-bond acceptors (Lipinski definition) is 5. The van der Waals surface area contributed by atoms with Crippen molar-refractivity contribution in [3.05, 3.63) is 58.5 Å². The van der Waals surface area contributed by atoms with Crippen LogP contribution >= 0.6 is 0 Å². The third kappa shape index (κ3) is 2.60. The van der Waals surface area contributed by atoms with Gasteiger partial charge in [0.1, 0.15) is 0 Å². The first-order valence-electron chi connectivity index (χ1n) is 5.44. The fraction of sp³-hybridized carbons (Fsp3) is 0.167. The molecule has 0 amide bonds. The van der Waals surface area contributed by atoms with Gasteiger partial charge in [0.05, 0.1) is 11.0 Å². The molecular formula is C12H12N4O2. The van der Waals surface area contributed by atoms with E-state index in [0.717, 1.165) is 5.56 Å². The highest BCUT2D eigenvalue weighted by Gasteiger charge is 2.16. The summed E-state index contributed by atoms with van der Waals surface area (Å²) in [6, 6.07) is 6.59. The van der Waals surface area contributed by atoms with Crippen LogP contribution in [-0.4, -0.2) is 14.9 Å². The van der Waals surface area contributed by atoms with E-state index in [1.807, 2.05) is 19.1 Å². The molecule has 6 nitrogen and oxygen atoms in total. The normalized spacial score (nSPS) is 11.8. The Morgan fingerprint density at radius 2 is 2.00 bits per heavy atom. The SMILES string of the molecule is CC(Nc1ncccc1[N+](=O)[O-])c1ccncc1. The Hall–Kier alpha value is -2.50. The van der Waals surface area contributed by atoms with E-state index in [-0.39, 0.29) is 17.5 Å². The molecule has 0 aliphatic heterocycles. The van der Waals surface area contributed by atoms with Gasteiger partial charge in [0.2, 0.25) is 5.82 Å². The molecule has 1 unspecified atom stereocenters. The quantitative estimate of drug-likeness (QED) is 0.660. The van der Waals surface area contributed by atoms with Crippen molar-refractivity contribution in [2.24, 2.45) is 0 Å². The van der Waals surface area contributed by atoms with E-state index < -0.39 is 4.92 Å². The van der Waals surface area contributed by atoms with Crippen LogP contribution in [0, 0.1) is 10.1 Å². The molecule has 2 heterocycles. The number of nitrogens with zero attached hydrogens (tertiary/aromatic N) is 3. The molecule has 92 valence electrons. The van der Waals surface area contributed by atoms with Crippen molar-refractivity contribution in [3.8, 4) is 0 Å². The topological polar surface area (TPSA) is 81.0 Å². The van der Waals surface area contributed by atoms with Gasteiger partial charge in [0, 0.05) is 24.7 Å². The molecule has 0 radical (unpaired) electrons. The average molecular weight is 244 g/mol. The monoisotopic (exact) mass is 244 g/mol. The fourth-order valence-electron chi connectivity index (χ4n) is 1.60. The Morgan fingerprint density at radius 1 is 1.28 bits per heavy atom. The summed E-state index contributed by atoms with van der Waals surface area (Å²) in [5, 5.41) is 13.9. The number of hydrogen-bond donors (Lipinski definition) is 1. The van der Waals surface area contributed by atoms with E-state index >= 15 is 0 Å². The number of rotatable bonds is 4. The maximum absolute atomic E-state index is 10.9. The second-order valence-electron chi connectivity index (χ2n) is 3.77. The molecule has 0 spiro atoms. The van der Waals surface area contributed by atoms with Crippen molar-refractivity contribution in [3.63, 3.8) is 0 Å². The molecule has 0 aliphatic carbocycles. The van der Waals surface area contributed by atoms with E-state index in [1.54, 1.807) is 18.5 Å². The van der Waals surface area contributed by atoms with Gasteiger partial charge >= 0.3 is 5.69 Å². The van der Waals surface area contributed by atoms with Gasteiger partial charge in [0.15, 0.2) is 0 Å². The van der Waals surface area contributed by atoms with Gasteiger partial charge in [-0.1, -0.05) is 0 Å². The van der Waals surface area contributed by atoms with Gasteiger partial charge in [-0.25, -0.2) is 4.98 Å². The summed E-state index contributed by atoms with van der Waals surface area (Å²) >= 11 is 0. The first kappa shape index (κ1) is 12.0. The smallest absolute Gasteiger partial charge is 0.311 e. The highest BCUT2D eigenvalue weighted by Crippen LogP contribution is 2.24. The summed E-state index contributed by atoms with van der Waals surface area (Å²) in [7, 11) is 0. The highest BCUT2D eigenvalue weighted by atomic mass is 16.6. The summed E-state index contributed by atoms with van der Waals surface area (Å²) in [4.78, 5) is 18.3. The molecule has 1 N–H and O–H groups in total. The number of pyridine rings is 2. The maximum Gasteiger partial charge on any atom is 0.311 e. The first-order chi connectivity index (χ1) is 8.68. The molecule has 0 aromatic carbocycles. The van der Waals surface area contributed by atoms with Crippen LogP contribution in [0.5, 0.6) is 0 Å². The minimum atomic E-state index is -0.450. The van der Waals surface area contributed by atoms with Gasteiger partial charge in [-0.2, -0.15) is 0 Å². The van der Waals surface area contributed by atoms with E-state index in [1.165, 1.54) is 12.3 Å². The summed E-state index contributed by atoms with van der Waals surface area (Å²) in [5.74, 6) is 0.270. The molecule has 0 fully saturated rings. The van der Waals surface area contributed by atoms with Crippen LogP contribution in [0.4, 0.5) is 11.5 Å². The Labute approximate surface area is 104 Å². The van der Waals surface area contributed by atoms with Gasteiger partial charge in [-0.3, -0.25) is 15.1 Å². The van der Waals surface area contributed by atoms with Gasteiger partial charge in [-0.15, -0.1) is 0 Å². The number of nitro groups is 1. The molecule has 0 bridgehead atoms. The molecular weight excluding hydrogens is 232 g/mol. The zero-order chi connectivity index (χ0) is 13.0. The third-order valence-electron chi connectivity index (χ3n) is 2.54. The highest BCUT2D eigenvalue weighted by molar-refractivity contribution is 5.56. The first-order valence-corrected chi connectivity index (χ1v) is 5.44. The van der Waals surface area contributed by atoms with E-state index in [2.05, 4.69) is 15.3 Å². The van der Waals surface area contributed by atoms with Crippen molar-refractivity contribution in [2.75, 3.05) is 5.32 Å². The lowest BCUT2D eigenvalue weighted by Gasteiger charge is -2.14. The van der Waals surface area contributed by atoms with Crippen LogP contribution < -0.4 is 5.32 Å². The van der Waals surface area contributed by atoms with Crippen molar-refractivity contribution >= 4 is 11.5 Å². The molecule has 2 aromatic heterocycles. The van der Waals surface area contributed by atoms with E-state index in [9.17, 15) is 10.1 Å². The van der Waals surface area contributed by atoms with Crippen LogP contribution in [0.15, 0.2) is 42.9 Å². The molecule has 1 atom stereocenters. The second kappa shape index (κ2) is 5.22. The van der Waals surface area contributed by atoms with E-state index in [4.69, 9.17) is 0 Å². The van der Waals surface area contributed by atoms with Crippen molar-refractivity contribution in [1.29, 1.82) is 0 Å². The molecule has 2 rings (SSSR count). The second-order valence-corrected chi connectivity index (χ2v) is 3.77. The Balaban J connectivity index is 2.22.